The molecule has 0 atom stereocenters. The first-order chi connectivity index (χ1) is 8.67. The molecule has 0 unspecified atom stereocenters. The summed E-state index contributed by atoms with van der Waals surface area (Å²) in [6.45, 7) is 0.368. The standard InChI is InChI=1S/C13H16O5/c1-17-13(16)4-2-3-7-18-12-8-10(9-14)5-6-11(12)15/h5-6,8-9,15H,2-4,7H2,1H3. The highest BCUT2D eigenvalue weighted by molar-refractivity contribution is 5.76. The van der Waals surface area contributed by atoms with Gasteiger partial charge in [0.05, 0.1) is 13.7 Å². The molecule has 0 bridgehead atoms. The summed E-state index contributed by atoms with van der Waals surface area (Å²) in [5.41, 5.74) is 0.442. The number of rotatable bonds is 7. The third kappa shape index (κ3) is 4.45. The second-order valence-electron chi connectivity index (χ2n) is 3.73. The first-order valence-corrected chi connectivity index (χ1v) is 5.65. The molecule has 18 heavy (non-hydrogen) atoms. The number of aromatic hydroxyl groups is 1. The van der Waals surface area contributed by atoms with Crippen molar-refractivity contribution in [1.29, 1.82) is 0 Å². The first-order valence-electron chi connectivity index (χ1n) is 5.65. The minimum absolute atomic E-state index is 0.00596. The summed E-state index contributed by atoms with van der Waals surface area (Å²) in [7, 11) is 1.35. The van der Waals surface area contributed by atoms with Crippen molar-refractivity contribution in [3.63, 3.8) is 0 Å². The fourth-order valence-corrected chi connectivity index (χ4v) is 1.38. The number of benzene rings is 1. The molecule has 0 aliphatic rings. The van der Waals surface area contributed by atoms with Gasteiger partial charge in [-0.1, -0.05) is 0 Å². The molecule has 0 amide bonds. The number of carbonyl (C=O) groups excluding carboxylic acids is 2. The smallest absolute Gasteiger partial charge is 0.305 e. The molecule has 0 saturated heterocycles. The normalized spacial score (nSPS) is 9.83. The van der Waals surface area contributed by atoms with E-state index in [1.54, 1.807) is 0 Å². The van der Waals surface area contributed by atoms with Crippen LogP contribution in [0.5, 0.6) is 11.5 Å². The Kier molecular flexibility index (Phi) is 5.70. The average Bonchev–Trinajstić information content (AvgIpc) is 2.40. The van der Waals surface area contributed by atoms with E-state index in [1.165, 1.54) is 25.3 Å². The molecule has 0 aliphatic heterocycles. The van der Waals surface area contributed by atoms with E-state index >= 15 is 0 Å². The number of phenolic OH excluding ortho intramolecular Hbond substituents is 1. The van der Waals surface area contributed by atoms with E-state index in [2.05, 4.69) is 4.74 Å². The molecule has 1 aromatic carbocycles. The van der Waals surface area contributed by atoms with Crippen LogP contribution in [0.15, 0.2) is 18.2 Å². The van der Waals surface area contributed by atoms with E-state index in [0.717, 1.165) is 0 Å². The number of hydrogen-bond donors (Lipinski definition) is 1. The van der Waals surface area contributed by atoms with Gasteiger partial charge in [0.2, 0.25) is 0 Å². The largest absolute Gasteiger partial charge is 0.504 e. The second-order valence-corrected chi connectivity index (χ2v) is 3.73. The van der Waals surface area contributed by atoms with Crippen molar-refractivity contribution in [2.24, 2.45) is 0 Å². The van der Waals surface area contributed by atoms with Crippen LogP contribution in [0.3, 0.4) is 0 Å². The monoisotopic (exact) mass is 252 g/mol. The number of esters is 1. The van der Waals surface area contributed by atoms with Gasteiger partial charge in [-0.2, -0.15) is 0 Å². The third-order valence-corrected chi connectivity index (χ3v) is 2.38. The summed E-state index contributed by atoms with van der Waals surface area (Å²) >= 11 is 0. The van der Waals surface area contributed by atoms with E-state index in [-0.39, 0.29) is 17.5 Å². The number of phenols is 1. The number of hydrogen-bond acceptors (Lipinski definition) is 5. The highest BCUT2D eigenvalue weighted by Crippen LogP contribution is 2.26. The zero-order chi connectivity index (χ0) is 13.4. The van der Waals surface area contributed by atoms with E-state index < -0.39 is 0 Å². The van der Waals surface area contributed by atoms with Gasteiger partial charge in [0.15, 0.2) is 11.5 Å². The van der Waals surface area contributed by atoms with Gasteiger partial charge in [0.25, 0.3) is 0 Å². The van der Waals surface area contributed by atoms with Gasteiger partial charge in [-0.15, -0.1) is 0 Å². The van der Waals surface area contributed by atoms with Gasteiger partial charge in [0, 0.05) is 12.0 Å². The van der Waals surface area contributed by atoms with Crippen molar-refractivity contribution in [3.05, 3.63) is 23.8 Å². The predicted octanol–water partition coefficient (Wildman–Crippen LogP) is 1.93. The van der Waals surface area contributed by atoms with Crippen LogP contribution in [-0.4, -0.2) is 31.1 Å². The Morgan fingerprint density at radius 2 is 2.17 bits per heavy atom. The topological polar surface area (TPSA) is 72.8 Å². The summed E-state index contributed by atoms with van der Waals surface area (Å²) in [6, 6.07) is 4.39. The van der Waals surface area contributed by atoms with Gasteiger partial charge >= 0.3 is 5.97 Å². The minimum atomic E-state index is -0.249. The molecule has 1 aromatic rings. The number of unbranched alkanes of at least 4 members (excludes halogenated alkanes) is 1. The van der Waals surface area contributed by atoms with Crippen molar-refractivity contribution >= 4 is 12.3 Å². The van der Waals surface area contributed by atoms with Crippen LogP contribution in [-0.2, 0) is 9.53 Å². The molecule has 0 heterocycles. The number of aldehydes is 1. The molecule has 0 spiro atoms. The lowest BCUT2D eigenvalue weighted by Crippen LogP contribution is -2.02. The first kappa shape index (κ1) is 14.0. The van der Waals surface area contributed by atoms with Gasteiger partial charge < -0.3 is 14.6 Å². The molecule has 0 fully saturated rings. The van der Waals surface area contributed by atoms with Crippen LogP contribution in [0.1, 0.15) is 29.6 Å². The molecule has 98 valence electrons. The van der Waals surface area contributed by atoms with Gasteiger partial charge in [-0.05, 0) is 31.0 Å². The summed E-state index contributed by atoms with van der Waals surface area (Å²) < 4.78 is 9.84. The Hall–Kier alpha value is -2.04. The molecular formula is C13H16O5. The highest BCUT2D eigenvalue weighted by atomic mass is 16.5. The van der Waals surface area contributed by atoms with Gasteiger partial charge in [0.1, 0.15) is 6.29 Å². The molecule has 1 N–H and O–H groups in total. The third-order valence-electron chi connectivity index (χ3n) is 2.38. The fraction of sp³-hybridized carbons (Fsp3) is 0.385. The maximum absolute atomic E-state index is 10.8. The predicted molar refractivity (Wildman–Crippen MR) is 64.9 cm³/mol. The SMILES string of the molecule is COC(=O)CCCCOc1cc(C=O)ccc1O. The van der Waals surface area contributed by atoms with Crippen molar-refractivity contribution in [1.82, 2.24) is 0 Å². The molecule has 5 heteroatoms. The number of carbonyl (C=O) groups is 2. The van der Waals surface area contributed by atoms with Crippen LogP contribution in [0, 0.1) is 0 Å². The zero-order valence-electron chi connectivity index (χ0n) is 10.2. The summed E-state index contributed by atoms with van der Waals surface area (Å²) in [4.78, 5) is 21.4. The second kappa shape index (κ2) is 7.32. The quantitative estimate of drug-likeness (QED) is 0.456. The van der Waals surface area contributed by atoms with E-state index in [9.17, 15) is 14.7 Å². The summed E-state index contributed by atoms with van der Waals surface area (Å²) in [5, 5.41) is 9.50. The van der Waals surface area contributed by atoms with Crippen molar-refractivity contribution in [3.8, 4) is 11.5 Å². The Labute approximate surface area is 105 Å². The zero-order valence-corrected chi connectivity index (χ0v) is 10.2. The van der Waals surface area contributed by atoms with Gasteiger partial charge in [-0.25, -0.2) is 0 Å². The van der Waals surface area contributed by atoms with Crippen LogP contribution < -0.4 is 4.74 Å². The van der Waals surface area contributed by atoms with E-state index in [4.69, 9.17) is 4.74 Å². The number of methoxy groups -OCH3 is 1. The lowest BCUT2D eigenvalue weighted by atomic mass is 10.2. The summed E-state index contributed by atoms with van der Waals surface area (Å²) in [5.74, 6) is 0.0204. The maximum Gasteiger partial charge on any atom is 0.305 e. The van der Waals surface area contributed by atoms with Crippen molar-refractivity contribution in [2.45, 2.75) is 19.3 Å². The average molecular weight is 252 g/mol. The van der Waals surface area contributed by atoms with E-state index in [1.807, 2.05) is 0 Å². The van der Waals surface area contributed by atoms with Crippen LogP contribution in [0.2, 0.25) is 0 Å². The van der Waals surface area contributed by atoms with Crippen LogP contribution in [0.25, 0.3) is 0 Å². The lowest BCUT2D eigenvalue weighted by Gasteiger charge is -2.08. The fourth-order valence-electron chi connectivity index (χ4n) is 1.38. The number of ether oxygens (including phenoxy) is 2. The minimum Gasteiger partial charge on any atom is -0.504 e. The van der Waals surface area contributed by atoms with Gasteiger partial charge in [-0.3, -0.25) is 9.59 Å². The van der Waals surface area contributed by atoms with E-state index in [0.29, 0.717) is 37.7 Å². The molecule has 5 nitrogen and oxygen atoms in total. The molecule has 1 rings (SSSR count). The molecule has 0 saturated carbocycles. The lowest BCUT2D eigenvalue weighted by molar-refractivity contribution is -0.140. The Balaban J connectivity index is 2.35. The van der Waals surface area contributed by atoms with Crippen molar-refractivity contribution in [2.75, 3.05) is 13.7 Å². The molecule has 0 aromatic heterocycles. The Morgan fingerprint density at radius 1 is 1.39 bits per heavy atom. The van der Waals surface area contributed by atoms with Crippen LogP contribution in [0.4, 0.5) is 0 Å². The van der Waals surface area contributed by atoms with Crippen molar-refractivity contribution < 1.29 is 24.2 Å². The molecule has 0 radical (unpaired) electrons. The van der Waals surface area contributed by atoms with Crippen LogP contribution >= 0.6 is 0 Å². The Bertz CT molecular complexity index is 414. The Morgan fingerprint density at radius 3 is 2.83 bits per heavy atom. The molecular weight excluding hydrogens is 236 g/mol. The maximum atomic E-state index is 10.8. The summed E-state index contributed by atoms with van der Waals surface area (Å²) in [6.07, 6.45) is 2.35. The molecule has 0 aliphatic carbocycles. The highest BCUT2D eigenvalue weighted by Gasteiger charge is 2.04.